The van der Waals surface area contributed by atoms with Crippen LogP contribution in [0.5, 0.6) is 0 Å². The maximum atomic E-state index is 13.0. The number of rotatable bonds is 5. The fourth-order valence-electron chi connectivity index (χ4n) is 4.11. The second-order valence-corrected chi connectivity index (χ2v) is 9.81. The molecule has 1 N–H and O–H groups in total. The van der Waals surface area contributed by atoms with Crippen molar-refractivity contribution in [2.45, 2.75) is 25.3 Å². The van der Waals surface area contributed by atoms with Crippen molar-refractivity contribution in [2.75, 3.05) is 43.1 Å². The molecule has 5 rings (SSSR count). The van der Waals surface area contributed by atoms with E-state index in [-0.39, 0.29) is 11.8 Å². The molecule has 2 fully saturated rings. The van der Waals surface area contributed by atoms with Gasteiger partial charge in [-0.2, -0.15) is 0 Å². The summed E-state index contributed by atoms with van der Waals surface area (Å²) in [5.41, 5.74) is 1.67. The third kappa shape index (κ3) is 4.44. The number of fused-ring (bicyclic) bond motifs is 1. The van der Waals surface area contributed by atoms with Crippen molar-refractivity contribution < 1.29 is 14.3 Å². The minimum Gasteiger partial charge on any atom is -0.378 e. The molecule has 9 heteroatoms. The molecule has 4 heterocycles. The number of likely N-dealkylation sites (tertiary alicyclic amines) is 1. The van der Waals surface area contributed by atoms with Crippen LogP contribution in [0.2, 0.25) is 0 Å². The lowest BCUT2D eigenvalue weighted by Crippen LogP contribution is -2.43. The molecule has 1 unspecified atom stereocenters. The Hall–Kier alpha value is -2.49. The molecular formula is C22H24N4O3S2. The largest absolute Gasteiger partial charge is 0.378 e. The van der Waals surface area contributed by atoms with Crippen molar-refractivity contribution in [2.24, 2.45) is 0 Å². The average Bonchev–Trinajstić information content (AvgIpc) is 3.54. The maximum Gasteiger partial charge on any atom is 0.247 e. The molecule has 162 valence electrons. The van der Waals surface area contributed by atoms with Crippen molar-refractivity contribution in [3.63, 3.8) is 0 Å². The van der Waals surface area contributed by atoms with Gasteiger partial charge in [0, 0.05) is 30.2 Å². The Morgan fingerprint density at radius 3 is 2.87 bits per heavy atom. The smallest absolute Gasteiger partial charge is 0.247 e. The molecule has 7 nitrogen and oxygen atoms in total. The minimum absolute atomic E-state index is 0.0214. The lowest BCUT2D eigenvalue weighted by atomic mass is 10.2. The Balaban J connectivity index is 1.27. The SMILES string of the molecule is O=C(Nc1ccc2nc(N3CCOCC3)sc2c1)C1CCCN1C(=O)Cc1cccs1. The van der Waals surface area contributed by atoms with E-state index in [1.165, 1.54) is 0 Å². The Morgan fingerprint density at radius 2 is 2.06 bits per heavy atom. The van der Waals surface area contributed by atoms with E-state index in [0.29, 0.717) is 19.4 Å². The van der Waals surface area contributed by atoms with Crippen LogP contribution >= 0.6 is 22.7 Å². The van der Waals surface area contributed by atoms with Gasteiger partial charge in [0.05, 0.1) is 29.9 Å². The van der Waals surface area contributed by atoms with Gasteiger partial charge in [-0.1, -0.05) is 17.4 Å². The predicted molar refractivity (Wildman–Crippen MR) is 124 cm³/mol. The summed E-state index contributed by atoms with van der Waals surface area (Å²) in [5, 5.41) is 5.98. The first-order chi connectivity index (χ1) is 15.2. The van der Waals surface area contributed by atoms with Crippen molar-refractivity contribution in [1.82, 2.24) is 9.88 Å². The van der Waals surface area contributed by atoms with E-state index < -0.39 is 6.04 Å². The number of carbonyl (C=O) groups excluding carboxylic acids is 2. The molecule has 31 heavy (non-hydrogen) atoms. The van der Waals surface area contributed by atoms with E-state index in [1.54, 1.807) is 27.6 Å². The zero-order valence-corrected chi connectivity index (χ0v) is 18.7. The number of hydrogen-bond donors (Lipinski definition) is 1. The van der Waals surface area contributed by atoms with E-state index in [1.807, 2.05) is 35.7 Å². The average molecular weight is 457 g/mol. The van der Waals surface area contributed by atoms with Crippen molar-refractivity contribution in [3.05, 3.63) is 40.6 Å². The predicted octanol–water partition coefficient (Wildman–Crippen LogP) is 3.37. The van der Waals surface area contributed by atoms with Crippen molar-refractivity contribution in [3.8, 4) is 0 Å². The first-order valence-corrected chi connectivity index (χ1v) is 12.2. The fraction of sp³-hybridized carbons (Fsp3) is 0.409. The molecule has 2 aliphatic heterocycles. The van der Waals surface area contributed by atoms with Crippen LogP contribution in [-0.2, 0) is 20.7 Å². The number of ether oxygens (including phenoxy) is 1. The number of carbonyl (C=O) groups is 2. The molecule has 2 aliphatic rings. The van der Waals surface area contributed by atoms with Crippen LogP contribution < -0.4 is 10.2 Å². The summed E-state index contributed by atoms with van der Waals surface area (Å²) in [7, 11) is 0. The van der Waals surface area contributed by atoms with Gasteiger partial charge < -0.3 is 19.9 Å². The van der Waals surface area contributed by atoms with E-state index in [9.17, 15) is 9.59 Å². The number of thiophene rings is 1. The van der Waals surface area contributed by atoms with Gasteiger partial charge in [0.15, 0.2) is 5.13 Å². The molecule has 0 bridgehead atoms. The number of aromatic nitrogens is 1. The molecule has 0 radical (unpaired) electrons. The van der Waals surface area contributed by atoms with Gasteiger partial charge in [0.25, 0.3) is 0 Å². The van der Waals surface area contributed by atoms with Gasteiger partial charge in [-0.05, 0) is 42.5 Å². The highest BCUT2D eigenvalue weighted by Gasteiger charge is 2.34. The Bertz CT molecular complexity index is 1080. The highest BCUT2D eigenvalue weighted by atomic mass is 32.1. The number of hydrogen-bond acceptors (Lipinski definition) is 7. The summed E-state index contributed by atoms with van der Waals surface area (Å²) in [6.07, 6.45) is 1.91. The van der Waals surface area contributed by atoms with Crippen molar-refractivity contribution in [1.29, 1.82) is 0 Å². The number of nitrogens with one attached hydrogen (secondary N) is 1. The first-order valence-electron chi connectivity index (χ1n) is 10.5. The number of nitrogens with zero attached hydrogens (tertiary/aromatic N) is 3. The number of benzene rings is 1. The molecule has 1 aromatic carbocycles. The van der Waals surface area contributed by atoms with E-state index in [4.69, 9.17) is 9.72 Å². The summed E-state index contributed by atoms with van der Waals surface area (Å²) >= 11 is 3.20. The normalized spacial score (nSPS) is 19.2. The topological polar surface area (TPSA) is 74.8 Å². The fourth-order valence-corrected chi connectivity index (χ4v) is 5.86. The third-order valence-corrected chi connectivity index (χ3v) is 7.66. The lowest BCUT2D eigenvalue weighted by Gasteiger charge is -2.25. The van der Waals surface area contributed by atoms with Crippen LogP contribution in [0.4, 0.5) is 10.8 Å². The van der Waals surface area contributed by atoms with Crippen LogP contribution in [0.25, 0.3) is 10.2 Å². The summed E-state index contributed by atoms with van der Waals surface area (Å²) in [5.74, 6) is -0.0949. The summed E-state index contributed by atoms with van der Waals surface area (Å²) in [6, 6.07) is 9.30. The maximum absolute atomic E-state index is 13.0. The summed E-state index contributed by atoms with van der Waals surface area (Å²) in [4.78, 5) is 35.5. The van der Waals surface area contributed by atoms with Gasteiger partial charge >= 0.3 is 0 Å². The standard InChI is InChI=1S/C22H24N4O3S2/c27-20(14-16-3-2-12-30-16)26-7-1-4-18(26)21(28)23-15-5-6-17-19(13-15)31-22(24-17)25-8-10-29-11-9-25/h2-3,5-6,12-13,18H,1,4,7-11,14H2,(H,23,28). The van der Waals surface area contributed by atoms with Crippen LogP contribution in [-0.4, -0.2) is 60.6 Å². The molecule has 0 aliphatic carbocycles. The van der Waals surface area contributed by atoms with Gasteiger partial charge in [-0.25, -0.2) is 4.98 Å². The number of morpholine rings is 1. The summed E-state index contributed by atoms with van der Waals surface area (Å²) < 4.78 is 6.46. The van der Waals surface area contributed by atoms with E-state index in [0.717, 1.165) is 58.6 Å². The molecule has 3 aromatic rings. The van der Waals surface area contributed by atoms with Crippen LogP contribution in [0.3, 0.4) is 0 Å². The second-order valence-electron chi connectivity index (χ2n) is 7.77. The molecule has 2 amide bonds. The highest BCUT2D eigenvalue weighted by molar-refractivity contribution is 7.22. The van der Waals surface area contributed by atoms with Crippen LogP contribution in [0.15, 0.2) is 35.7 Å². The Morgan fingerprint density at radius 1 is 1.19 bits per heavy atom. The molecular weight excluding hydrogens is 432 g/mol. The lowest BCUT2D eigenvalue weighted by molar-refractivity contribution is -0.136. The molecule has 1 atom stereocenters. The third-order valence-electron chi connectivity index (χ3n) is 5.71. The quantitative estimate of drug-likeness (QED) is 0.637. The van der Waals surface area contributed by atoms with Gasteiger partial charge in [-0.15, -0.1) is 11.3 Å². The zero-order valence-electron chi connectivity index (χ0n) is 17.1. The summed E-state index contributed by atoms with van der Waals surface area (Å²) in [6.45, 7) is 3.78. The molecule has 0 saturated carbocycles. The van der Waals surface area contributed by atoms with E-state index in [2.05, 4.69) is 10.2 Å². The molecule has 0 spiro atoms. The van der Waals surface area contributed by atoms with Gasteiger partial charge in [-0.3, -0.25) is 9.59 Å². The molecule has 2 aromatic heterocycles. The highest BCUT2D eigenvalue weighted by Crippen LogP contribution is 2.31. The van der Waals surface area contributed by atoms with Crippen LogP contribution in [0.1, 0.15) is 17.7 Å². The second kappa shape index (κ2) is 8.94. The van der Waals surface area contributed by atoms with Crippen LogP contribution in [0, 0.1) is 0 Å². The Kier molecular flexibility index (Phi) is 5.89. The number of amides is 2. The molecule has 2 saturated heterocycles. The number of thiazole rings is 1. The Labute approximate surface area is 188 Å². The van der Waals surface area contributed by atoms with Gasteiger partial charge in [0.1, 0.15) is 6.04 Å². The monoisotopic (exact) mass is 456 g/mol. The minimum atomic E-state index is -0.409. The van der Waals surface area contributed by atoms with Crippen molar-refractivity contribution >= 4 is 55.5 Å². The number of anilines is 2. The van der Waals surface area contributed by atoms with E-state index >= 15 is 0 Å². The first kappa shape index (κ1) is 20.4. The zero-order chi connectivity index (χ0) is 21.2. The van der Waals surface area contributed by atoms with Gasteiger partial charge in [0.2, 0.25) is 11.8 Å².